The molecule has 120 valence electrons. The molecule has 1 aliphatic carbocycles. The molecule has 5 heteroatoms. The van der Waals surface area contributed by atoms with Crippen molar-refractivity contribution in [2.75, 3.05) is 18.8 Å². The van der Waals surface area contributed by atoms with Crippen molar-refractivity contribution in [3.63, 3.8) is 0 Å². The van der Waals surface area contributed by atoms with Crippen molar-refractivity contribution < 1.29 is 13.2 Å². The van der Waals surface area contributed by atoms with Gasteiger partial charge in [-0.2, -0.15) is 0 Å². The normalized spacial score (nSPS) is 29.2. The van der Waals surface area contributed by atoms with E-state index in [-0.39, 0.29) is 11.7 Å². The first-order chi connectivity index (χ1) is 9.90. The molecule has 1 amide bonds. The van der Waals surface area contributed by atoms with Crippen LogP contribution in [-0.2, 0) is 14.6 Å². The molecular weight excluding hydrogens is 286 g/mol. The summed E-state index contributed by atoms with van der Waals surface area (Å²) in [6.07, 6.45) is 8.74. The molecule has 0 aromatic rings. The van der Waals surface area contributed by atoms with Crippen molar-refractivity contribution in [3.05, 3.63) is 12.7 Å². The monoisotopic (exact) mass is 313 g/mol. The van der Waals surface area contributed by atoms with Gasteiger partial charge in [-0.15, -0.1) is 6.58 Å². The molecule has 0 spiro atoms. The highest BCUT2D eigenvalue weighted by atomic mass is 32.2. The first-order valence-electron chi connectivity index (χ1n) is 8.03. The van der Waals surface area contributed by atoms with Gasteiger partial charge in [0.1, 0.15) is 4.75 Å². The van der Waals surface area contributed by atoms with Crippen LogP contribution in [0.2, 0.25) is 0 Å². The maximum atomic E-state index is 12.8. The summed E-state index contributed by atoms with van der Waals surface area (Å²) in [5, 5.41) is 0. The second-order valence-corrected chi connectivity index (χ2v) is 9.19. The Morgan fingerprint density at radius 1 is 1.29 bits per heavy atom. The summed E-state index contributed by atoms with van der Waals surface area (Å²) in [7, 11) is -3.32. The molecule has 1 heterocycles. The van der Waals surface area contributed by atoms with Gasteiger partial charge in [-0.25, -0.2) is 8.42 Å². The molecular formula is C16H27NO3S. The van der Waals surface area contributed by atoms with Crippen LogP contribution in [-0.4, -0.2) is 42.8 Å². The van der Waals surface area contributed by atoms with Crippen LogP contribution in [0.3, 0.4) is 0 Å². The zero-order valence-electron chi connectivity index (χ0n) is 13.0. The molecule has 0 aromatic carbocycles. The minimum absolute atomic E-state index is 0.139. The van der Waals surface area contributed by atoms with Gasteiger partial charge >= 0.3 is 0 Å². The highest BCUT2D eigenvalue weighted by Crippen LogP contribution is 2.34. The molecule has 2 rings (SSSR count). The molecule has 1 unspecified atom stereocenters. The summed E-state index contributed by atoms with van der Waals surface area (Å²) in [6, 6.07) is 0. The average Bonchev–Trinajstić information content (AvgIpc) is 2.73. The summed E-state index contributed by atoms with van der Waals surface area (Å²) < 4.78 is 23.3. The van der Waals surface area contributed by atoms with Gasteiger partial charge in [0.05, 0.1) is 5.75 Å². The fourth-order valence-corrected chi connectivity index (χ4v) is 5.46. The molecule has 0 N–H and O–H groups in total. The zero-order valence-corrected chi connectivity index (χ0v) is 13.8. The van der Waals surface area contributed by atoms with E-state index in [9.17, 15) is 13.2 Å². The van der Waals surface area contributed by atoms with Gasteiger partial charge in [-0.05, 0) is 38.5 Å². The minimum Gasteiger partial charge on any atom is -0.337 e. The van der Waals surface area contributed by atoms with Crippen LogP contribution in [0, 0.1) is 5.92 Å². The van der Waals surface area contributed by atoms with Crippen molar-refractivity contribution >= 4 is 15.7 Å². The van der Waals surface area contributed by atoms with Crippen LogP contribution in [0.4, 0.5) is 0 Å². The largest absolute Gasteiger partial charge is 0.337 e. The summed E-state index contributed by atoms with van der Waals surface area (Å²) in [5.74, 6) is 0.432. The molecule has 0 bridgehead atoms. The summed E-state index contributed by atoms with van der Waals surface area (Å²) in [6.45, 7) is 6.45. The third-order valence-corrected chi connectivity index (χ3v) is 7.62. The maximum absolute atomic E-state index is 12.8. The van der Waals surface area contributed by atoms with E-state index in [2.05, 4.69) is 6.58 Å². The van der Waals surface area contributed by atoms with Gasteiger partial charge in [-0.3, -0.25) is 4.79 Å². The standard InChI is InChI=1S/C16H27NO3S/c1-3-11-17(13-14-8-5-4-6-9-14)15(18)16(2)10-7-12-21(16,19)20/h3,14H,1,4-13H2,2H3. The number of nitrogens with zero attached hydrogens (tertiary/aromatic N) is 1. The van der Waals surface area contributed by atoms with Gasteiger partial charge in [0.25, 0.3) is 0 Å². The highest BCUT2D eigenvalue weighted by molar-refractivity contribution is 7.93. The molecule has 0 radical (unpaired) electrons. The van der Waals surface area contributed by atoms with E-state index in [1.54, 1.807) is 17.9 Å². The quantitative estimate of drug-likeness (QED) is 0.733. The summed E-state index contributed by atoms with van der Waals surface area (Å²) >= 11 is 0. The first-order valence-corrected chi connectivity index (χ1v) is 9.68. The van der Waals surface area contributed by atoms with Crippen LogP contribution < -0.4 is 0 Å². The second-order valence-electron chi connectivity index (χ2n) is 6.66. The first kappa shape index (κ1) is 16.5. The predicted octanol–water partition coefficient (Wildman–Crippen LogP) is 2.55. The maximum Gasteiger partial charge on any atom is 0.244 e. The molecule has 2 aliphatic rings. The predicted molar refractivity (Wildman–Crippen MR) is 84.8 cm³/mol. The van der Waals surface area contributed by atoms with Crippen LogP contribution >= 0.6 is 0 Å². The van der Waals surface area contributed by atoms with Gasteiger partial charge in [0.2, 0.25) is 5.91 Å². The fourth-order valence-electron chi connectivity index (χ4n) is 3.63. The molecule has 1 saturated heterocycles. The Kier molecular flexibility index (Phi) is 5.12. The van der Waals surface area contributed by atoms with E-state index < -0.39 is 14.6 Å². The average molecular weight is 313 g/mol. The van der Waals surface area contributed by atoms with Crippen molar-refractivity contribution in [2.24, 2.45) is 5.92 Å². The Balaban J connectivity index is 2.13. The van der Waals surface area contributed by atoms with E-state index in [0.717, 1.165) is 12.8 Å². The SMILES string of the molecule is C=CCN(CC1CCCCC1)C(=O)C1(C)CCCS1(=O)=O. The van der Waals surface area contributed by atoms with Crippen LogP contribution in [0.5, 0.6) is 0 Å². The number of hydrogen-bond donors (Lipinski definition) is 0. The van der Waals surface area contributed by atoms with Crippen molar-refractivity contribution in [2.45, 2.75) is 56.6 Å². The number of hydrogen-bond acceptors (Lipinski definition) is 3. The summed E-state index contributed by atoms with van der Waals surface area (Å²) in [5.41, 5.74) is 0. The number of amides is 1. The smallest absolute Gasteiger partial charge is 0.244 e. The van der Waals surface area contributed by atoms with E-state index in [1.807, 2.05) is 0 Å². The molecule has 1 atom stereocenters. The number of carbonyl (C=O) groups is 1. The third kappa shape index (κ3) is 3.33. The van der Waals surface area contributed by atoms with Gasteiger partial charge in [0, 0.05) is 13.1 Å². The van der Waals surface area contributed by atoms with Crippen LogP contribution in [0.15, 0.2) is 12.7 Å². The highest BCUT2D eigenvalue weighted by Gasteiger charge is 2.51. The van der Waals surface area contributed by atoms with Crippen molar-refractivity contribution in [3.8, 4) is 0 Å². The fraction of sp³-hybridized carbons (Fsp3) is 0.812. The Labute approximate surface area is 128 Å². The zero-order chi connectivity index (χ0) is 15.5. The minimum atomic E-state index is -3.32. The van der Waals surface area contributed by atoms with Gasteiger partial charge in [0.15, 0.2) is 9.84 Å². The Bertz CT molecular complexity index is 494. The lowest BCUT2D eigenvalue weighted by atomic mass is 9.88. The van der Waals surface area contributed by atoms with E-state index >= 15 is 0 Å². The number of rotatable bonds is 5. The molecule has 2 fully saturated rings. The number of sulfone groups is 1. The van der Waals surface area contributed by atoms with Gasteiger partial charge < -0.3 is 4.90 Å². The van der Waals surface area contributed by atoms with E-state index in [4.69, 9.17) is 0 Å². The molecule has 1 aliphatic heterocycles. The van der Waals surface area contributed by atoms with Crippen LogP contribution in [0.25, 0.3) is 0 Å². The van der Waals surface area contributed by atoms with Crippen LogP contribution in [0.1, 0.15) is 51.9 Å². The third-order valence-electron chi connectivity index (χ3n) is 5.05. The molecule has 21 heavy (non-hydrogen) atoms. The van der Waals surface area contributed by atoms with E-state index in [1.165, 1.54) is 19.3 Å². The molecule has 4 nitrogen and oxygen atoms in total. The number of carbonyl (C=O) groups excluding carboxylic acids is 1. The molecule has 1 saturated carbocycles. The second kappa shape index (κ2) is 6.51. The van der Waals surface area contributed by atoms with E-state index in [0.29, 0.717) is 31.8 Å². The lowest BCUT2D eigenvalue weighted by molar-refractivity contribution is -0.133. The molecule has 0 aromatic heterocycles. The topological polar surface area (TPSA) is 54.5 Å². The Hall–Kier alpha value is -0.840. The lowest BCUT2D eigenvalue weighted by Gasteiger charge is -2.34. The summed E-state index contributed by atoms with van der Waals surface area (Å²) in [4.78, 5) is 14.6. The van der Waals surface area contributed by atoms with Crippen molar-refractivity contribution in [1.29, 1.82) is 0 Å². The lowest BCUT2D eigenvalue weighted by Crippen LogP contribution is -2.51. The van der Waals surface area contributed by atoms with Gasteiger partial charge in [-0.1, -0.05) is 25.3 Å². The Morgan fingerprint density at radius 2 is 1.95 bits per heavy atom. The Morgan fingerprint density at radius 3 is 2.48 bits per heavy atom. The van der Waals surface area contributed by atoms with Crippen molar-refractivity contribution in [1.82, 2.24) is 4.90 Å².